The van der Waals surface area contributed by atoms with E-state index in [1.165, 1.54) is 19.1 Å². The fourth-order valence-corrected chi connectivity index (χ4v) is 5.93. The van der Waals surface area contributed by atoms with Crippen molar-refractivity contribution in [2.75, 3.05) is 63.1 Å². The molecule has 0 spiro atoms. The van der Waals surface area contributed by atoms with Gasteiger partial charge in [0.1, 0.15) is 27.4 Å². The lowest BCUT2D eigenvalue weighted by atomic mass is 10.0. The highest BCUT2D eigenvalue weighted by Crippen LogP contribution is 2.48. The molecule has 2 aromatic heterocycles. The number of hydrogen-bond acceptors (Lipinski definition) is 9. The summed E-state index contributed by atoms with van der Waals surface area (Å²) in [6.45, 7) is 1.75. The highest BCUT2D eigenvalue weighted by molar-refractivity contribution is 6.42. The van der Waals surface area contributed by atoms with E-state index in [4.69, 9.17) is 37.7 Å². The number of carbonyl (C=O) groups excluding carboxylic acids is 2. The standard InChI is InChI=1S/C30H34Cl2N8O4/c1-37(2)12-6-8-24(41)38-13-9-21(10-14-38)40-28-19(16-34-29(36-28)35-20-7-5-11-33-17-20)18-39(30(40)42)27-25(31)22(43-3)15-23(44-4)26(27)32/h5-8,11,15-17,21H,9-10,12-14,18H2,1-4H3,(H,34,35,36). The van der Waals surface area contributed by atoms with Gasteiger partial charge in [-0.2, -0.15) is 4.98 Å². The second-order valence-electron chi connectivity index (χ2n) is 10.6. The number of nitrogens with one attached hydrogen (secondary N) is 1. The molecule has 1 saturated heterocycles. The maximum absolute atomic E-state index is 14.4. The van der Waals surface area contributed by atoms with Crippen LogP contribution >= 0.6 is 23.2 Å². The molecule has 5 rings (SSSR count). The number of likely N-dealkylation sites (tertiary alicyclic amines) is 1. The van der Waals surface area contributed by atoms with Crippen LogP contribution in [0.25, 0.3) is 0 Å². The van der Waals surface area contributed by atoms with Crippen LogP contribution in [0.4, 0.5) is 27.9 Å². The molecule has 12 nitrogen and oxygen atoms in total. The van der Waals surface area contributed by atoms with Crippen molar-refractivity contribution in [3.05, 3.63) is 64.6 Å². The number of aromatic nitrogens is 3. The molecule has 0 saturated carbocycles. The van der Waals surface area contributed by atoms with Crippen LogP contribution in [0.15, 0.2) is 48.9 Å². The number of amides is 3. The summed E-state index contributed by atoms with van der Waals surface area (Å²) in [6.07, 6.45) is 9.56. The monoisotopic (exact) mass is 640 g/mol. The molecule has 0 atom stereocenters. The summed E-state index contributed by atoms with van der Waals surface area (Å²) >= 11 is 13.5. The molecule has 44 heavy (non-hydrogen) atoms. The maximum Gasteiger partial charge on any atom is 0.330 e. The summed E-state index contributed by atoms with van der Waals surface area (Å²) in [4.78, 5) is 47.6. The molecule has 14 heteroatoms. The fraction of sp³-hybridized carbons (Fsp3) is 0.367. The van der Waals surface area contributed by atoms with Crippen molar-refractivity contribution in [2.24, 2.45) is 0 Å². The van der Waals surface area contributed by atoms with E-state index in [2.05, 4.69) is 15.3 Å². The Morgan fingerprint density at radius 2 is 1.84 bits per heavy atom. The van der Waals surface area contributed by atoms with Gasteiger partial charge in [-0.1, -0.05) is 29.3 Å². The lowest BCUT2D eigenvalue weighted by Gasteiger charge is -2.43. The molecule has 0 unspecified atom stereocenters. The van der Waals surface area contributed by atoms with Crippen LogP contribution in [0.1, 0.15) is 18.4 Å². The van der Waals surface area contributed by atoms with E-state index in [0.717, 1.165) is 0 Å². The number of anilines is 4. The molecule has 4 heterocycles. The molecule has 2 aliphatic heterocycles. The molecule has 232 valence electrons. The predicted molar refractivity (Wildman–Crippen MR) is 170 cm³/mol. The first kappa shape index (κ1) is 31.3. The van der Waals surface area contributed by atoms with Gasteiger partial charge in [-0.15, -0.1) is 0 Å². The van der Waals surface area contributed by atoms with Crippen molar-refractivity contribution in [1.29, 1.82) is 0 Å². The van der Waals surface area contributed by atoms with Gasteiger partial charge in [0, 0.05) is 55.8 Å². The minimum absolute atomic E-state index is 0.0513. The van der Waals surface area contributed by atoms with E-state index in [-0.39, 0.29) is 40.3 Å². The van der Waals surface area contributed by atoms with Gasteiger partial charge in [0.25, 0.3) is 0 Å². The van der Waals surface area contributed by atoms with Crippen molar-refractivity contribution in [3.8, 4) is 11.5 Å². The molecule has 3 aromatic rings. The van der Waals surface area contributed by atoms with Gasteiger partial charge < -0.3 is 24.6 Å². The third-order valence-electron chi connectivity index (χ3n) is 7.45. The van der Waals surface area contributed by atoms with Crippen molar-refractivity contribution in [3.63, 3.8) is 0 Å². The van der Waals surface area contributed by atoms with Gasteiger partial charge in [-0.05, 0) is 39.1 Å². The largest absolute Gasteiger partial charge is 0.495 e. The number of nitrogens with zero attached hydrogens (tertiary/aromatic N) is 7. The average Bonchev–Trinajstić information content (AvgIpc) is 3.02. The maximum atomic E-state index is 14.4. The van der Waals surface area contributed by atoms with Gasteiger partial charge in [0.05, 0.1) is 38.3 Å². The fourth-order valence-electron chi connectivity index (χ4n) is 5.23. The van der Waals surface area contributed by atoms with Crippen LogP contribution < -0.4 is 24.6 Å². The summed E-state index contributed by atoms with van der Waals surface area (Å²) in [5.74, 6) is 1.37. The SMILES string of the molecule is COc1cc(OC)c(Cl)c(N2Cc3cnc(Nc4cccnc4)nc3N(C3CCN(C(=O)C=CCN(C)C)CC3)C2=O)c1Cl. The van der Waals surface area contributed by atoms with Crippen molar-refractivity contribution >= 4 is 58.3 Å². The summed E-state index contributed by atoms with van der Waals surface area (Å²) in [7, 11) is 6.85. The first-order valence-corrected chi connectivity index (χ1v) is 14.8. The molecule has 2 aliphatic rings. The number of ether oxygens (including phenoxy) is 2. The highest BCUT2D eigenvalue weighted by atomic mass is 35.5. The topological polar surface area (TPSA) is 116 Å². The molecule has 0 radical (unpaired) electrons. The number of piperidine rings is 1. The summed E-state index contributed by atoms with van der Waals surface area (Å²) in [5.41, 5.74) is 1.67. The van der Waals surface area contributed by atoms with Crippen molar-refractivity contribution in [2.45, 2.75) is 25.4 Å². The molecule has 1 aromatic carbocycles. The number of hydrogen-bond donors (Lipinski definition) is 1. The Bertz CT molecular complexity index is 1520. The number of benzene rings is 1. The summed E-state index contributed by atoms with van der Waals surface area (Å²) in [6, 6.07) is 4.60. The van der Waals surface area contributed by atoms with E-state index >= 15 is 0 Å². The van der Waals surface area contributed by atoms with Crippen LogP contribution in [0.3, 0.4) is 0 Å². The number of pyridine rings is 1. The Morgan fingerprint density at radius 3 is 2.45 bits per heavy atom. The van der Waals surface area contributed by atoms with Gasteiger partial charge in [0.15, 0.2) is 0 Å². The number of methoxy groups -OCH3 is 2. The first-order valence-electron chi connectivity index (χ1n) is 14.1. The smallest absolute Gasteiger partial charge is 0.330 e. The van der Waals surface area contributed by atoms with E-state index in [9.17, 15) is 9.59 Å². The summed E-state index contributed by atoms with van der Waals surface area (Å²) < 4.78 is 10.9. The third-order valence-corrected chi connectivity index (χ3v) is 8.18. The molecular weight excluding hydrogens is 607 g/mol. The Morgan fingerprint density at radius 1 is 1.14 bits per heavy atom. The van der Waals surface area contributed by atoms with E-state index in [1.54, 1.807) is 46.6 Å². The molecule has 0 aliphatic carbocycles. The average molecular weight is 642 g/mol. The quantitative estimate of drug-likeness (QED) is 0.323. The number of carbonyl (C=O) groups is 2. The minimum atomic E-state index is -0.363. The van der Waals surface area contributed by atoms with Crippen LogP contribution in [0.2, 0.25) is 10.0 Å². The first-order chi connectivity index (χ1) is 21.2. The van der Waals surface area contributed by atoms with Gasteiger partial charge in [-0.25, -0.2) is 9.78 Å². The lowest BCUT2D eigenvalue weighted by molar-refractivity contribution is -0.127. The van der Waals surface area contributed by atoms with Crippen molar-refractivity contribution in [1.82, 2.24) is 24.8 Å². The van der Waals surface area contributed by atoms with E-state index in [0.29, 0.717) is 67.0 Å². The zero-order chi connectivity index (χ0) is 31.4. The normalized spacial score (nSPS) is 15.6. The van der Waals surface area contributed by atoms with Crippen LogP contribution in [0, 0.1) is 0 Å². The second-order valence-corrected chi connectivity index (χ2v) is 11.4. The number of likely N-dealkylation sites (N-methyl/N-ethyl adjacent to an activating group) is 1. The number of fused-ring (bicyclic) bond motifs is 1. The molecule has 1 fully saturated rings. The molecule has 0 bridgehead atoms. The minimum Gasteiger partial charge on any atom is -0.495 e. The number of halogens is 2. The van der Waals surface area contributed by atoms with Gasteiger partial charge >= 0.3 is 6.03 Å². The van der Waals surface area contributed by atoms with Gasteiger partial charge in [-0.3, -0.25) is 19.6 Å². The van der Waals surface area contributed by atoms with Crippen LogP contribution in [-0.4, -0.2) is 90.7 Å². The van der Waals surface area contributed by atoms with Crippen LogP contribution in [-0.2, 0) is 11.3 Å². The Hall–Kier alpha value is -4.13. The zero-order valence-electron chi connectivity index (χ0n) is 25.0. The summed E-state index contributed by atoms with van der Waals surface area (Å²) in [5, 5.41) is 3.51. The van der Waals surface area contributed by atoms with Gasteiger partial charge in [0.2, 0.25) is 11.9 Å². The van der Waals surface area contributed by atoms with E-state index in [1.807, 2.05) is 31.1 Å². The Labute approximate surface area is 266 Å². The van der Waals surface area contributed by atoms with Crippen molar-refractivity contribution < 1.29 is 19.1 Å². The van der Waals surface area contributed by atoms with Crippen LogP contribution in [0.5, 0.6) is 11.5 Å². The Kier molecular flexibility index (Phi) is 9.72. The third kappa shape index (κ3) is 6.52. The molecule has 1 N–H and O–H groups in total. The van der Waals surface area contributed by atoms with E-state index < -0.39 is 0 Å². The molecular formula is C30H34Cl2N8O4. The number of rotatable bonds is 9. The highest BCUT2D eigenvalue weighted by Gasteiger charge is 2.41. The number of urea groups is 1. The second kappa shape index (κ2) is 13.7. The zero-order valence-corrected chi connectivity index (χ0v) is 26.5. The molecule has 3 amide bonds. The lowest BCUT2D eigenvalue weighted by Crippen LogP contribution is -2.55. The predicted octanol–water partition coefficient (Wildman–Crippen LogP) is 4.99. The Balaban J connectivity index is 1.50.